The summed E-state index contributed by atoms with van der Waals surface area (Å²) < 4.78 is 13.1. The van der Waals surface area contributed by atoms with Crippen LogP contribution in [-0.2, 0) is 0 Å². The van der Waals surface area contributed by atoms with Crippen LogP contribution in [0.25, 0.3) is 0 Å². The van der Waals surface area contributed by atoms with Crippen molar-refractivity contribution in [3.05, 3.63) is 29.0 Å². The Labute approximate surface area is 116 Å². The highest BCUT2D eigenvalue weighted by Crippen LogP contribution is 2.30. The van der Waals surface area contributed by atoms with Gasteiger partial charge in [-0.05, 0) is 38.0 Å². The lowest BCUT2D eigenvalue weighted by atomic mass is 9.97. The number of benzene rings is 1. The van der Waals surface area contributed by atoms with Crippen molar-refractivity contribution in [1.82, 2.24) is 0 Å². The van der Waals surface area contributed by atoms with Crippen molar-refractivity contribution < 1.29 is 4.39 Å². The van der Waals surface area contributed by atoms with Crippen LogP contribution in [0, 0.1) is 5.82 Å². The van der Waals surface area contributed by atoms with Crippen LogP contribution >= 0.6 is 23.4 Å². The average Bonchev–Trinajstić information content (AvgIpc) is 2.34. The largest absolute Gasteiger partial charge is 0.335 e. The summed E-state index contributed by atoms with van der Waals surface area (Å²) in [6, 6.07) is 4.61. The van der Waals surface area contributed by atoms with Crippen LogP contribution < -0.4 is 5.32 Å². The number of halogens is 2. The molecule has 5 heteroatoms. The standard InChI is InChI=1S/C13H16ClFN2S/c1-3-13(2)6-7-18-12(17-13)16-9-4-5-11(15)10(14)8-9/h4-5,8H,3,6-7H2,1-2H3,(H,16,17). The van der Waals surface area contributed by atoms with Crippen molar-refractivity contribution in [2.75, 3.05) is 11.1 Å². The maximum absolute atomic E-state index is 13.1. The van der Waals surface area contributed by atoms with Gasteiger partial charge in [0.15, 0.2) is 5.17 Å². The molecular formula is C13H16ClFN2S. The number of amidine groups is 1. The third kappa shape index (κ3) is 3.18. The maximum atomic E-state index is 13.1. The average molecular weight is 287 g/mol. The van der Waals surface area contributed by atoms with Gasteiger partial charge in [-0.1, -0.05) is 30.3 Å². The van der Waals surface area contributed by atoms with Crippen molar-refractivity contribution >= 4 is 34.2 Å². The van der Waals surface area contributed by atoms with E-state index in [1.165, 1.54) is 6.07 Å². The molecule has 0 aromatic heterocycles. The summed E-state index contributed by atoms with van der Waals surface area (Å²) in [5, 5.41) is 4.21. The van der Waals surface area contributed by atoms with E-state index >= 15 is 0 Å². The molecule has 1 aliphatic rings. The lowest BCUT2D eigenvalue weighted by Gasteiger charge is -2.29. The van der Waals surface area contributed by atoms with E-state index in [2.05, 4.69) is 19.2 Å². The zero-order chi connectivity index (χ0) is 13.2. The van der Waals surface area contributed by atoms with Crippen LogP contribution in [0.3, 0.4) is 0 Å². The van der Waals surface area contributed by atoms with Gasteiger partial charge in [0.2, 0.25) is 0 Å². The van der Waals surface area contributed by atoms with Gasteiger partial charge in [-0.2, -0.15) is 0 Å². The fraction of sp³-hybridized carbons (Fsp3) is 0.462. The summed E-state index contributed by atoms with van der Waals surface area (Å²) in [6.07, 6.45) is 2.10. The predicted molar refractivity (Wildman–Crippen MR) is 78.2 cm³/mol. The minimum absolute atomic E-state index is 0.0113. The SMILES string of the molecule is CCC1(C)CCSC(Nc2ccc(F)c(Cl)c2)=N1. The molecule has 18 heavy (non-hydrogen) atoms. The Morgan fingerprint density at radius 2 is 2.33 bits per heavy atom. The van der Waals surface area contributed by atoms with E-state index in [4.69, 9.17) is 16.6 Å². The molecule has 2 rings (SSSR count). The van der Waals surface area contributed by atoms with Gasteiger partial charge in [-0.25, -0.2) is 4.39 Å². The number of hydrogen-bond donors (Lipinski definition) is 1. The van der Waals surface area contributed by atoms with E-state index in [9.17, 15) is 4.39 Å². The highest BCUT2D eigenvalue weighted by atomic mass is 35.5. The highest BCUT2D eigenvalue weighted by molar-refractivity contribution is 8.14. The van der Waals surface area contributed by atoms with Crippen LogP contribution in [0.5, 0.6) is 0 Å². The molecule has 98 valence electrons. The summed E-state index contributed by atoms with van der Waals surface area (Å²) in [7, 11) is 0. The minimum atomic E-state index is -0.404. The van der Waals surface area contributed by atoms with E-state index in [-0.39, 0.29) is 10.6 Å². The molecule has 0 saturated heterocycles. The van der Waals surface area contributed by atoms with Gasteiger partial charge >= 0.3 is 0 Å². The molecule has 1 heterocycles. The zero-order valence-corrected chi connectivity index (χ0v) is 12.0. The fourth-order valence-corrected chi connectivity index (χ4v) is 3.11. The van der Waals surface area contributed by atoms with E-state index in [0.717, 1.165) is 29.4 Å². The molecule has 0 bridgehead atoms. The van der Waals surface area contributed by atoms with Crippen LogP contribution in [0.4, 0.5) is 10.1 Å². The van der Waals surface area contributed by atoms with Crippen LogP contribution in [0.15, 0.2) is 23.2 Å². The Bertz CT molecular complexity index is 478. The predicted octanol–water partition coefficient (Wildman–Crippen LogP) is 4.55. The first-order valence-corrected chi connectivity index (χ1v) is 7.33. The van der Waals surface area contributed by atoms with Gasteiger partial charge in [0.1, 0.15) is 5.82 Å². The second kappa shape index (κ2) is 5.49. The number of nitrogens with zero attached hydrogens (tertiary/aromatic N) is 1. The molecule has 1 N–H and O–H groups in total. The molecular weight excluding hydrogens is 271 g/mol. The van der Waals surface area contributed by atoms with E-state index in [1.54, 1.807) is 23.9 Å². The third-order valence-electron chi connectivity index (χ3n) is 3.18. The third-order valence-corrected chi connectivity index (χ3v) is 4.35. The van der Waals surface area contributed by atoms with Crippen molar-refractivity contribution in [3.63, 3.8) is 0 Å². The lowest BCUT2D eigenvalue weighted by molar-refractivity contribution is 0.443. The van der Waals surface area contributed by atoms with Gasteiger partial charge < -0.3 is 5.32 Å². The highest BCUT2D eigenvalue weighted by Gasteiger charge is 2.25. The van der Waals surface area contributed by atoms with Gasteiger partial charge in [0.05, 0.1) is 10.6 Å². The second-order valence-corrected chi connectivity index (χ2v) is 6.11. The summed E-state index contributed by atoms with van der Waals surface area (Å²) in [6.45, 7) is 4.30. The maximum Gasteiger partial charge on any atom is 0.161 e. The van der Waals surface area contributed by atoms with Gasteiger partial charge in [0.25, 0.3) is 0 Å². The van der Waals surface area contributed by atoms with Crippen LogP contribution in [0.2, 0.25) is 5.02 Å². The first-order chi connectivity index (χ1) is 8.52. The minimum Gasteiger partial charge on any atom is -0.335 e. The molecule has 0 fully saturated rings. The molecule has 0 amide bonds. The van der Waals surface area contributed by atoms with E-state index < -0.39 is 5.82 Å². The Morgan fingerprint density at radius 1 is 1.56 bits per heavy atom. The quantitative estimate of drug-likeness (QED) is 0.862. The van der Waals surface area contributed by atoms with Crippen molar-refractivity contribution in [2.45, 2.75) is 32.2 Å². The zero-order valence-electron chi connectivity index (χ0n) is 10.5. The number of aliphatic imine (C=N–C) groups is 1. The summed E-state index contributed by atoms with van der Waals surface area (Å²) in [5.74, 6) is 0.643. The molecule has 2 nitrogen and oxygen atoms in total. The van der Waals surface area contributed by atoms with Gasteiger partial charge in [-0.15, -0.1) is 0 Å². The molecule has 0 saturated carbocycles. The fourth-order valence-electron chi connectivity index (χ4n) is 1.72. The Kier molecular flexibility index (Phi) is 4.17. The van der Waals surface area contributed by atoms with E-state index in [1.807, 2.05) is 0 Å². The first-order valence-electron chi connectivity index (χ1n) is 5.97. The lowest BCUT2D eigenvalue weighted by Crippen LogP contribution is -2.29. The number of hydrogen-bond acceptors (Lipinski definition) is 3. The number of anilines is 1. The second-order valence-electron chi connectivity index (χ2n) is 4.62. The Balaban J connectivity index is 2.16. The van der Waals surface area contributed by atoms with Crippen LogP contribution in [0.1, 0.15) is 26.7 Å². The number of nitrogens with one attached hydrogen (secondary N) is 1. The molecule has 1 atom stereocenters. The Hall–Kier alpha value is -0.740. The molecule has 0 radical (unpaired) electrons. The smallest absolute Gasteiger partial charge is 0.161 e. The van der Waals surface area contributed by atoms with Gasteiger partial charge in [0, 0.05) is 11.4 Å². The Morgan fingerprint density at radius 3 is 3.00 bits per heavy atom. The molecule has 1 aromatic rings. The number of rotatable bonds is 2. The molecule has 1 aromatic carbocycles. The summed E-state index contributed by atoms with van der Waals surface area (Å²) >= 11 is 7.44. The van der Waals surface area contributed by atoms with Crippen molar-refractivity contribution in [1.29, 1.82) is 0 Å². The van der Waals surface area contributed by atoms with Crippen molar-refractivity contribution in [2.24, 2.45) is 4.99 Å². The first kappa shape index (κ1) is 13.7. The molecule has 0 aliphatic carbocycles. The molecule has 1 aliphatic heterocycles. The molecule has 1 unspecified atom stereocenters. The van der Waals surface area contributed by atoms with E-state index in [0.29, 0.717) is 0 Å². The molecule has 0 spiro atoms. The normalized spacial score (nSPS) is 23.7. The number of thioether (sulfide) groups is 1. The van der Waals surface area contributed by atoms with Crippen molar-refractivity contribution in [3.8, 4) is 0 Å². The monoisotopic (exact) mass is 286 g/mol. The van der Waals surface area contributed by atoms with Gasteiger partial charge in [-0.3, -0.25) is 4.99 Å². The summed E-state index contributed by atoms with van der Waals surface area (Å²) in [4.78, 5) is 4.71. The summed E-state index contributed by atoms with van der Waals surface area (Å²) in [5.41, 5.74) is 0.783. The van der Waals surface area contributed by atoms with Crippen LogP contribution in [-0.4, -0.2) is 16.5 Å². The topological polar surface area (TPSA) is 24.4 Å².